The van der Waals surface area contributed by atoms with Gasteiger partial charge in [-0.3, -0.25) is 4.79 Å². The molecule has 1 aliphatic carbocycles. The van der Waals surface area contributed by atoms with Crippen LogP contribution in [0.25, 0.3) is 21.3 Å². The largest absolute Gasteiger partial charge is 0.497 e. The van der Waals surface area contributed by atoms with E-state index in [4.69, 9.17) is 9.72 Å². The SMILES string of the molecule is COc1ccc(-c2c3c(nc4sc5c(c24)N[C@H](c2ccccc2)NC5=O)CCCC3)cc1. The minimum Gasteiger partial charge on any atom is -0.497 e. The Morgan fingerprint density at radius 3 is 2.56 bits per heavy atom. The average molecular weight is 442 g/mol. The maximum atomic E-state index is 13.1. The first-order valence-corrected chi connectivity index (χ1v) is 11.8. The molecule has 5 nitrogen and oxygen atoms in total. The number of ether oxygens (including phenoxy) is 1. The van der Waals surface area contributed by atoms with Gasteiger partial charge < -0.3 is 15.4 Å². The summed E-state index contributed by atoms with van der Waals surface area (Å²) in [5.74, 6) is 0.788. The zero-order valence-electron chi connectivity index (χ0n) is 17.8. The Bertz CT molecular complexity index is 1330. The van der Waals surface area contributed by atoms with Crippen LogP contribution in [-0.2, 0) is 12.8 Å². The molecule has 1 amide bonds. The molecule has 6 heteroatoms. The van der Waals surface area contributed by atoms with Gasteiger partial charge in [-0.1, -0.05) is 42.5 Å². The molecule has 2 aromatic heterocycles. The van der Waals surface area contributed by atoms with Crippen molar-refractivity contribution in [2.75, 3.05) is 12.4 Å². The number of hydrogen-bond donors (Lipinski definition) is 2. The first kappa shape index (κ1) is 19.3. The molecule has 4 aromatic rings. The van der Waals surface area contributed by atoms with Crippen LogP contribution in [0.5, 0.6) is 5.75 Å². The van der Waals surface area contributed by atoms with Gasteiger partial charge in [-0.2, -0.15) is 0 Å². The molecule has 0 saturated carbocycles. The van der Waals surface area contributed by atoms with Gasteiger partial charge in [0.1, 0.15) is 21.6 Å². The van der Waals surface area contributed by atoms with E-state index in [-0.39, 0.29) is 12.1 Å². The Morgan fingerprint density at radius 1 is 1.00 bits per heavy atom. The Labute approximate surface area is 190 Å². The predicted octanol–water partition coefficient (Wildman–Crippen LogP) is 5.70. The maximum absolute atomic E-state index is 13.1. The normalized spacial score (nSPS) is 17.3. The van der Waals surface area contributed by atoms with Gasteiger partial charge in [-0.25, -0.2) is 4.98 Å². The highest BCUT2D eigenvalue weighted by atomic mass is 32.1. The number of rotatable bonds is 3. The van der Waals surface area contributed by atoms with Crippen LogP contribution in [0, 0.1) is 0 Å². The van der Waals surface area contributed by atoms with Crippen LogP contribution in [-0.4, -0.2) is 18.0 Å². The van der Waals surface area contributed by atoms with Crippen LogP contribution < -0.4 is 15.4 Å². The molecule has 0 spiro atoms. The fourth-order valence-electron chi connectivity index (χ4n) is 4.85. The van der Waals surface area contributed by atoms with E-state index in [2.05, 4.69) is 22.8 Å². The summed E-state index contributed by atoms with van der Waals surface area (Å²) in [6.45, 7) is 0. The van der Waals surface area contributed by atoms with Gasteiger partial charge in [0, 0.05) is 11.1 Å². The highest BCUT2D eigenvalue weighted by Gasteiger charge is 2.32. The Kier molecular flexibility index (Phi) is 4.61. The summed E-state index contributed by atoms with van der Waals surface area (Å²) in [5.41, 5.74) is 6.77. The third-order valence-electron chi connectivity index (χ3n) is 6.40. The van der Waals surface area contributed by atoms with Gasteiger partial charge in [0.25, 0.3) is 5.91 Å². The van der Waals surface area contributed by atoms with E-state index < -0.39 is 0 Å². The topological polar surface area (TPSA) is 63.2 Å². The lowest BCUT2D eigenvalue weighted by Gasteiger charge is -2.27. The van der Waals surface area contributed by atoms with Crippen LogP contribution in [0.4, 0.5) is 5.69 Å². The molecule has 0 unspecified atom stereocenters. The highest BCUT2D eigenvalue weighted by Crippen LogP contribution is 2.47. The van der Waals surface area contributed by atoms with Crippen LogP contribution >= 0.6 is 11.3 Å². The van der Waals surface area contributed by atoms with Crippen LogP contribution in [0.15, 0.2) is 54.6 Å². The zero-order chi connectivity index (χ0) is 21.7. The van der Waals surface area contributed by atoms with Crippen LogP contribution in [0.3, 0.4) is 0 Å². The molecular formula is C26H23N3O2S. The number of carbonyl (C=O) groups excluding carboxylic acids is 1. The number of benzene rings is 2. The Morgan fingerprint density at radius 2 is 1.78 bits per heavy atom. The molecular weight excluding hydrogens is 418 g/mol. The number of pyridine rings is 1. The van der Waals surface area contributed by atoms with Crippen molar-refractivity contribution in [1.29, 1.82) is 0 Å². The fraction of sp³-hybridized carbons (Fsp3) is 0.231. The van der Waals surface area contributed by atoms with Gasteiger partial charge >= 0.3 is 0 Å². The van der Waals surface area contributed by atoms with Gasteiger partial charge in [-0.15, -0.1) is 11.3 Å². The van der Waals surface area contributed by atoms with E-state index in [1.165, 1.54) is 28.2 Å². The number of aryl methyl sites for hydroxylation is 1. The van der Waals surface area contributed by atoms with Crippen molar-refractivity contribution in [2.45, 2.75) is 31.8 Å². The quantitative estimate of drug-likeness (QED) is 0.428. The molecule has 1 atom stereocenters. The van der Waals surface area contributed by atoms with Crippen molar-refractivity contribution in [3.8, 4) is 16.9 Å². The minimum atomic E-state index is -0.270. The van der Waals surface area contributed by atoms with E-state index in [0.717, 1.165) is 58.5 Å². The summed E-state index contributed by atoms with van der Waals surface area (Å²) in [6, 6.07) is 18.3. The number of nitrogens with zero attached hydrogens (tertiary/aromatic N) is 1. The highest BCUT2D eigenvalue weighted by molar-refractivity contribution is 7.21. The van der Waals surface area contributed by atoms with Crippen molar-refractivity contribution in [1.82, 2.24) is 10.3 Å². The molecule has 0 fully saturated rings. The minimum absolute atomic E-state index is 0.0470. The molecule has 3 heterocycles. The summed E-state index contributed by atoms with van der Waals surface area (Å²) in [4.78, 5) is 19.8. The first-order chi connectivity index (χ1) is 15.7. The third-order valence-corrected chi connectivity index (χ3v) is 7.48. The number of nitrogens with one attached hydrogen (secondary N) is 2. The second kappa shape index (κ2) is 7.64. The number of fused-ring (bicyclic) bond motifs is 4. The van der Waals surface area contributed by atoms with Gasteiger partial charge in [0.05, 0.1) is 12.8 Å². The van der Waals surface area contributed by atoms with Crippen molar-refractivity contribution in [3.63, 3.8) is 0 Å². The van der Waals surface area contributed by atoms with Gasteiger partial charge in [0.2, 0.25) is 0 Å². The molecule has 32 heavy (non-hydrogen) atoms. The lowest BCUT2D eigenvalue weighted by Crippen LogP contribution is -2.37. The number of aromatic nitrogens is 1. The van der Waals surface area contributed by atoms with Crippen molar-refractivity contribution >= 4 is 33.1 Å². The molecule has 0 saturated heterocycles. The molecule has 6 rings (SSSR count). The summed E-state index contributed by atoms with van der Waals surface area (Å²) >= 11 is 1.48. The van der Waals surface area contributed by atoms with E-state index in [1.54, 1.807) is 7.11 Å². The van der Waals surface area contributed by atoms with Crippen molar-refractivity contribution < 1.29 is 9.53 Å². The molecule has 160 valence electrons. The van der Waals surface area contributed by atoms with Crippen molar-refractivity contribution in [2.24, 2.45) is 0 Å². The Hall–Kier alpha value is -3.38. The predicted molar refractivity (Wildman–Crippen MR) is 129 cm³/mol. The van der Waals surface area contributed by atoms with E-state index in [9.17, 15) is 4.79 Å². The second-order valence-electron chi connectivity index (χ2n) is 8.30. The lowest BCUT2D eigenvalue weighted by molar-refractivity contribution is 0.0940. The Balaban J connectivity index is 1.59. The van der Waals surface area contributed by atoms with Crippen LogP contribution in [0.2, 0.25) is 0 Å². The van der Waals surface area contributed by atoms with Crippen molar-refractivity contribution in [3.05, 3.63) is 76.3 Å². The number of amides is 1. The van der Waals surface area contributed by atoms with Gasteiger partial charge in [-0.05, 0) is 60.1 Å². The molecule has 0 radical (unpaired) electrons. The number of anilines is 1. The molecule has 2 aliphatic rings. The average Bonchev–Trinajstić information content (AvgIpc) is 3.22. The lowest BCUT2D eigenvalue weighted by atomic mass is 9.87. The monoisotopic (exact) mass is 441 g/mol. The van der Waals surface area contributed by atoms with E-state index in [1.807, 2.05) is 42.5 Å². The molecule has 2 N–H and O–H groups in total. The van der Waals surface area contributed by atoms with E-state index >= 15 is 0 Å². The number of carbonyl (C=O) groups is 1. The fourth-order valence-corrected chi connectivity index (χ4v) is 5.92. The summed E-state index contributed by atoms with van der Waals surface area (Å²) < 4.78 is 5.38. The molecule has 2 aromatic carbocycles. The first-order valence-electron chi connectivity index (χ1n) is 11.0. The molecule has 1 aliphatic heterocycles. The maximum Gasteiger partial charge on any atom is 0.265 e. The second-order valence-corrected chi connectivity index (χ2v) is 9.29. The zero-order valence-corrected chi connectivity index (χ0v) is 18.6. The molecule has 0 bridgehead atoms. The summed E-state index contributed by atoms with van der Waals surface area (Å²) in [7, 11) is 1.68. The summed E-state index contributed by atoms with van der Waals surface area (Å²) in [6.07, 6.45) is 4.06. The third kappa shape index (κ3) is 3.06. The van der Waals surface area contributed by atoms with Gasteiger partial charge in [0.15, 0.2) is 0 Å². The smallest absolute Gasteiger partial charge is 0.265 e. The summed E-state index contributed by atoms with van der Waals surface area (Å²) in [5, 5.41) is 7.79. The van der Waals surface area contributed by atoms with Crippen LogP contribution in [0.1, 0.15) is 45.5 Å². The number of hydrogen-bond acceptors (Lipinski definition) is 5. The van der Waals surface area contributed by atoms with E-state index in [0.29, 0.717) is 4.88 Å². The number of methoxy groups -OCH3 is 1. The number of thiophene rings is 1. The standard InChI is InChI=1S/C26H23N3O2S/c1-31-17-13-11-15(12-14-17)20-18-9-5-6-10-19(18)27-26-21(20)22-23(32-26)25(30)29-24(28-22)16-7-3-2-4-8-16/h2-4,7-8,11-14,24,28H,5-6,9-10H2,1H3,(H,29,30)/t24-/m0/s1.